The smallest absolute Gasteiger partial charge is 0.255 e. The van der Waals surface area contributed by atoms with E-state index in [0.717, 1.165) is 30.1 Å². The molecule has 0 aliphatic carbocycles. The van der Waals surface area contributed by atoms with Crippen molar-refractivity contribution in [2.45, 2.75) is 50.6 Å². The Morgan fingerprint density at radius 2 is 1.86 bits per heavy atom. The van der Waals surface area contributed by atoms with E-state index in [0.29, 0.717) is 18.6 Å². The Kier molecular flexibility index (Phi) is 5.83. The number of likely N-dealkylation sites (tertiary alicyclic amines) is 1. The number of nitrogens with zero attached hydrogens (tertiary/aromatic N) is 3. The van der Waals surface area contributed by atoms with E-state index in [2.05, 4.69) is 14.9 Å². The summed E-state index contributed by atoms with van der Waals surface area (Å²) in [5.74, 6) is -0.677. The molecule has 1 amide bonds. The molecule has 0 unspecified atom stereocenters. The van der Waals surface area contributed by atoms with Crippen molar-refractivity contribution >= 4 is 44.1 Å². The summed E-state index contributed by atoms with van der Waals surface area (Å²) in [5, 5.41) is 0.0979. The van der Waals surface area contributed by atoms with Crippen molar-refractivity contribution < 1.29 is 17.6 Å². The number of hydrogen-bond acceptors (Lipinski definition) is 5. The topological polar surface area (TPSA) is 86.4 Å². The van der Waals surface area contributed by atoms with Gasteiger partial charge >= 0.3 is 0 Å². The number of rotatable bonds is 4. The summed E-state index contributed by atoms with van der Waals surface area (Å²) < 4.78 is 39.9. The van der Waals surface area contributed by atoms with Crippen LogP contribution in [0.25, 0.3) is 11.0 Å². The number of imidazole rings is 1. The minimum absolute atomic E-state index is 0.0176. The van der Waals surface area contributed by atoms with Crippen molar-refractivity contribution in [2.75, 3.05) is 23.7 Å². The molecule has 1 N–H and O–H groups in total. The number of piperazine rings is 1. The van der Waals surface area contributed by atoms with Crippen molar-refractivity contribution in [3.8, 4) is 0 Å². The zero-order valence-electron chi connectivity index (χ0n) is 19.9. The van der Waals surface area contributed by atoms with E-state index in [1.807, 2.05) is 20.8 Å². The first-order valence-electron chi connectivity index (χ1n) is 11.7. The molecule has 2 aliphatic heterocycles. The predicted octanol–water partition coefficient (Wildman–Crippen LogP) is 4.67. The van der Waals surface area contributed by atoms with E-state index in [4.69, 9.17) is 11.6 Å². The first-order chi connectivity index (χ1) is 16.4. The number of carbonyl (C=O) groups excluding carboxylic acids is 1. The molecule has 0 spiro atoms. The van der Waals surface area contributed by atoms with Crippen LogP contribution in [0.4, 0.5) is 10.1 Å². The van der Waals surface area contributed by atoms with Crippen LogP contribution in [0.1, 0.15) is 44.0 Å². The van der Waals surface area contributed by atoms with Crippen LogP contribution < -0.4 is 4.90 Å². The molecule has 3 aromatic rings. The third-order valence-corrected chi connectivity index (χ3v) is 9.19. The van der Waals surface area contributed by atoms with Crippen molar-refractivity contribution in [2.24, 2.45) is 5.41 Å². The molecule has 0 radical (unpaired) electrons. The highest BCUT2D eigenvalue weighted by Crippen LogP contribution is 2.40. The first-order valence-corrected chi connectivity index (χ1v) is 13.7. The molecule has 2 fully saturated rings. The zero-order valence-corrected chi connectivity index (χ0v) is 21.5. The Hall–Kier alpha value is -2.65. The average Bonchev–Trinajstić information content (AvgIpc) is 3.32. The molecule has 5 rings (SSSR count). The summed E-state index contributed by atoms with van der Waals surface area (Å²) in [6, 6.07) is 7.23. The van der Waals surface area contributed by atoms with Gasteiger partial charge in [0, 0.05) is 25.2 Å². The number of fused-ring (bicyclic) bond motifs is 3. The molecule has 1 aromatic heterocycles. The van der Waals surface area contributed by atoms with Gasteiger partial charge in [0.15, 0.2) is 9.84 Å². The van der Waals surface area contributed by atoms with Crippen LogP contribution in [0.2, 0.25) is 5.02 Å². The van der Waals surface area contributed by atoms with E-state index in [1.54, 1.807) is 23.4 Å². The number of halogens is 2. The zero-order chi connectivity index (χ0) is 25.1. The number of nitrogens with one attached hydrogen (secondary N) is 1. The number of carbonyl (C=O) groups is 1. The molecule has 0 saturated carbocycles. The number of benzene rings is 2. The van der Waals surface area contributed by atoms with Crippen LogP contribution in [0.3, 0.4) is 0 Å². The Bertz CT molecular complexity index is 1400. The van der Waals surface area contributed by atoms with Gasteiger partial charge in [-0.15, -0.1) is 0 Å². The normalized spacial score (nSPS) is 20.6. The number of anilines is 1. The monoisotopic (exact) mass is 518 g/mol. The second-order valence-corrected chi connectivity index (χ2v) is 13.1. The first kappa shape index (κ1) is 24.1. The number of amides is 1. The van der Waals surface area contributed by atoms with Crippen molar-refractivity contribution in [3.05, 3.63) is 53.1 Å². The number of aromatic amines is 1. The van der Waals surface area contributed by atoms with Crippen LogP contribution in [-0.4, -0.2) is 60.1 Å². The molecule has 2 bridgehead atoms. The van der Waals surface area contributed by atoms with Crippen molar-refractivity contribution in [1.29, 1.82) is 0 Å². The second kappa shape index (κ2) is 8.48. The summed E-state index contributed by atoms with van der Waals surface area (Å²) >= 11 is 6.15. The lowest BCUT2D eigenvalue weighted by atomic mass is 10.0. The lowest BCUT2D eigenvalue weighted by molar-refractivity contribution is 0.0718. The van der Waals surface area contributed by atoms with Gasteiger partial charge in [0.1, 0.15) is 5.82 Å². The van der Waals surface area contributed by atoms with Crippen LogP contribution in [0, 0.1) is 11.2 Å². The summed E-state index contributed by atoms with van der Waals surface area (Å²) in [6.45, 7) is 6.66. The summed E-state index contributed by atoms with van der Waals surface area (Å²) in [4.78, 5) is 25.0. The van der Waals surface area contributed by atoms with E-state index < -0.39 is 15.7 Å². The molecule has 186 valence electrons. The minimum atomic E-state index is -3.52. The third-order valence-electron chi connectivity index (χ3n) is 6.67. The van der Waals surface area contributed by atoms with Gasteiger partial charge in [-0.3, -0.25) is 4.79 Å². The highest BCUT2D eigenvalue weighted by Gasteiger charge is 2.43. The van der Waals surface area contributed by atoms with Crippen LogP contribution in [0.15, 0.2) is 41.6 Å². The number of H-pyrrole nitrogens is 1. The quantitative estimate of drug-likeness (QED) is 0.542. The number of sulfone groups is 1. The van der Waals surface area contributed by atoms with Crippen molar-refractivity contribution in [1.82, 2.24) is 14.9 Å². The van der Waals surface area contributed by atoms with Gasteiger partial charge < -0.3 is 14.8 Å². The summed E-state index contributed by atoms with van der Waals surface area (Å²) in [7, 11) is -3.52. The molecule has 2 aromatic carbocycles. The van der Waals surface area contributed by atoms with Crippen LogP contribution in [0.5, 0.6) is 0 Å². The fourth-order valence-electron chi connectivity index (χ4n) is 5.33. The lowest BCUT2D eigenvalue weighted by Crippen LogP contribution is -2.55. The Morgan fingerprint density at radius 3 is 2.49 bits per heavy atom. The van der Waals surface area contributed by atoms with Gasteiger partial charge in [-0.25, -0.2) is 17.8 Å². The maximum Gasteiger partial charge on any atom is 0.255 e. The highest BCUT2D eigenvalue weighted by atomic mass is 35.5. The Balaban J connectivity index is 1.48. The van der Waals surface area contributed by atoms with Gasteiger partial charge in [0.05, 0.1) is 44.3 Å². The minimum Gasteiger partial charge on any atom is -0.360 e. The molecule has 3 heterocycles. The molecule has 2 atom stereocenters. The molecule has 10 heteroatoms. The highest BCUT2D eigenvalue weighted by molar-refractivity contribution is 7.91. The molecule has 2 saturated heterocycles. The molecule has 35 heavy (non-hydrogen) atoms. The summed E-state index contributed by atoms with van der Waals surface area (Å²) in [5.41, 5.74) is 2.09. The van der Waals surface area contributed by atoms with Gasteiger partial charge in [-0.2, -0.15) is 0 Å². The van der Waals surface area contributed by atoms with Crippen LogP contribution >= 0.6 is 11.6 Å². The van der Waals surface area contributed by atoms with E-state index in [1.165, 1.54) is 12.1 Å². The molecule has 2 aliphatic rings. The standard InChI is InChI=1S/C25H28ClFN4O3S/c1-25(2,3)13-35(33,34)18-9-21-23(29-14-28-21)22(10-18)31-16-5-6-17(31)12-30(11-16)24(32)19-7-4-15(27)8-20(19)26/h4,7-10,14,16-17H,5-6,11-13H2,1-3H3,(H,28,29)/t16-,17+. The van der Waals surface area contributed by atoms with Crippen molar-refractivity contribution in [3.63, 3.8) is 0 Å². The number of hydrogen-bond donors (Lipinski definition) is 1. The Labute approximate surface area is 209 Å². The van der Waals surface area contributed by atoms with E-state index in [-0.39, 0.29) is 44.6 Å². The molecular formula is C25H28ClFN4O3S. The van der Waals surface area contributed by atoms with Crippen LogP contribution in [-0.2, 0) is 9.84 Å². The fraction of sp³-hybridized carbons (Fsp3) is 0.440. The Morgan fingerprint density at radius 1 is 1.17 bits per heavy atom. The molecular weight excluding hydrogens is 491 g/mol. The van der Waals surface area contributed by atoms with Gasteiger partial charge in [-0.05, 0) is 48.6 Å². The number of aromatic nitrogens is 2. The SMILES string of the molecule is CC(C)(C)CS(=O)(=O)c1cc(N2[C@@H]3CC[C@H]2CN(C(=O)c2ccc(F)cc2Cl)C3)c2[nH]cnc2c1. The van der Waals surface area contributed by atoms with Gasteiger partial charge in [-0.1, -0.05) is 32.4 Å². The average molecular weight is 519 g/mol. The van der Waals surface area contributed by atoms with Gasteiger partial charge in [0.2, 0.25) is 0 Å². The fourth-order valence-corrected chi connectivity index (χ4v) is 7.47. The van der Waals surface area contributed by atoms with E-state index in [9.17, 15) is 17.6 Å². The predicted molar refractivity (Wildman–Crippen MR) is 134 cm³/mol. The maximum atomic E-state index is 13.5. The lowest BCUT2D eigenvalue weighted by Gasteiger charge is -2.42. The largest absolute Gasteiger partial charge is 0.360 e. The van der Waals surface area contributed by atoms with Gasteiger partial charge in [0.25, 0.3) is 5.91 Å². The molecule has 7 nitrogen and oxygen atoms in total. The third kappa shape index (κ3) is 4.51. The summed E-state index contributed by atoms with van der Waals surface area (Å²) in [6.07, 6.45) is 3.33. The van der Waals surface area contributed by atoms with E-state index >= 15 is 0 Å². The maximum absolute atomic E-state index is 13.5. The second-order valence-electron chi connectivity index (χ2n) is 10.7.